The van der Waals surface area contributed by atoms with Crippen molar-refractivity contribution in [1.82, 2.24) is 9.97 Å². The number of nitrogens with zero attached hydrogens (tertiary/aromatic N) is 2. The van der Waals surface area contributed by atoms with E-state index in [1.165, 1.54) is 65.7 Å². The van der Waals surface area contributed by atoms with Gasteiger partial charge in [-0.2, -0.15) is 0 Å². The monoisotopic (exact) mass is 610 g/mol. The molecule has 0 radical (unpaired) electrons. The highest BCUT2D eigenvalue weighted by molar-refractivity contribution is 6.22. The van der Waals surface area contributed by atoms with Crippen molar-refractivity contribution in [3.05, 3.63) is 182 Å². The number of fused-ring (bicyclic) bond motifs is 3. The van der Waals surface area contributed by atoms with Gasteiger partial charge in [0.25, 0.3) is 0 Å². The first-order chi connectivity index (χ1) is 23.8. The van der Waals surface area contributed by atoms with E-state index in [1.54, 1.807) is 0 Å². The van der Waals surface area contributed by atoms with E-state index in [9.17, 15) is 0 Å². The van der Waals surface area contributed by atoms with Crippen molar-refractivity contribution >= 4 is 32.3 Å². The van der Waals surface area contributed by atoms with Gasteiger partial charge in [0.05, 0.1) is 11.4 Å². The summed E-state index contributed by atoms with van der Waals surface area (Å²) in [6.07, 6.45) is 3.71. The Morgan fingerprint density at radius 3 is 1.40 bits per heavy atom. The smallest absolute Gasteiger partial charge is 0.0702 e. The molecule has 0 fully saturated rings. The molecule has 0 aliphatic rings. The summed E-state index contributed by atoms with van der Waals surface area (Å²) in [5, 5.41) is 7.36. The van der Waals surface area contributed by atoms with Crippen LogP contribution in [0, 0.1) is 0 Å². The molecule has 2 nitrogen and oxygen atoms in total. The second-order valence-corrected chi connectivity index (χ2v) is 12.2. The predicted octanol–water partition coefficient (Wildman–Crippen LogP) is 12.3. The van der Waals surface area contributed by atoms with E-state index in [-0.39, 0.29) is 0 Å². The minimum atomic E-state index is 0.966. The van der Waals surface area contributed by atoms with Crippen molar-refractivity contribution in [3.63, 3.8) is 0 Å². The van der Waals surface area contributed by atoms with Crippen LogP contribution < -0.4 is 0 Å². The molecule has 0 unspecified atom stereocenters. The first kappa shape index (κ1) is 27.9. The van der Waals surface area contributed by atoms with E-state index < -0.39 is 0 Å². The Morgan fingerprint density at radius 2 is 0.771 bits per heavy atom. The van der Waals surface area contributed by atoms with Crippen LogP contribution in [-0.2, 0) is 0 Å². The Balaban J connectivity index is 1.35. The molecule has 48 heavy (non-hydrogen) atoms. The van der Waals surface area contributed by atoms with Gasteiger partial charge in [-0.3, -0.25) is 9.97 Å². The van der Waals surface area contributed by atoms with Crippen molar-refractivity contribution in [2.24, 2.45) is 0 Å². The molecule has 0 amide bonds. The van der Waals surface area contributed by atoms with Crippen LogP contribution in [0.2, 0.25) is 0 Å². The summed E-state index contributed by atoms with van der Waals surface area (Å²) in [5.41, 5.74) is 11.3. The third-order valence-electron chi connectivity index (χ3n) is 9.33. The van der Waals surface area contributed by atoms with Gasteiger partial charge in [-0.1, -0.05) is 121 Å². The maximum atomic E-state index is 4.67. The summed E-state index contributed by atoms with van der Waals surface area (Å²) in [6, 6.07) is 60.9. The third-order valence-corrected chi connectivity index (χ3v) is 9.33. The molecule has 2 heterocycles. The van der Waals surface area contributed by atoms with Gasteiger partial charge >= 0.3 is 0 Å². The first-order valence-electron chi connectivity index (χ1n) is 16.3. The fraction of sp³-hybridized carbons (Fsp3) is 0. The van der Waals surface area contributed by atoms with Gasteiger partial charge in [0, 0.05) is 23.5 Å². The van der Waals surface area contributed by atoms with Gasteiger partial charge in [0.2, 0.25) is 0 Å². The fourth-order valence-corrected chi connectivity index (χ4v) is 7.08. The van der Waals surface area contributed by atoms with Crippen LogP contribution in [-0.4, -0.2) is 9.97 Å². The van der Waals surface area contributed by atoms with E-state index in [1.807, 2.05) is 36.7 Å². The topological polar surface area (TPSA) is 25.8 Å². The second-order valence-electron chi connectivity index (χ2n) is 12.2. The average molecular weight is 611 g/mol. The number of pyridine rings is 2. The molecule has 2 aromatic heterocycles. The van der Waals surface area contributed by atoms with Crippen molar-refractivity contribution in [2.75, 3.05) is 0 Å². The lowest BCUT2D eigenvalue weighted by molar-refractivity contribution is 1.33. The zero-order chi connectivity index (χ0) is 31.9. The highest BCUT2D eigenvalue weighted by Crippen LogP contribution is 2.46. The first-order valence-corrected chi connectivity index (χ1v) is 16.3. The summed E-state index contributed by atoms with van der Waals surface area (Å²) >= 11 is 0. The van der Waals surface area contributed by atoms with Crippen LogP contribution in [0.15, 0.2) is 182 Å². The molecular weight excluding hydrogens is 581 g/mol. The Hall–Kier alpha value is -6.38. The standard InChI is InChI=1S/C46H30N2/c1-2-12-32-27-33(22-21-31(32)11-1)34-23-24-41-42(30-34)46(38-16-10-14-36(29-38)44-20-6-8-26-48-44)40-18-4-3-17-39(40)45(41)37-15-9-13-35(28-37)43-19-5-7-25-47-43/h1-30H. The summed E-state index contributed by atoms with van der Waals surface area (Å²) in [7, 11) is 0. The van der Waals surface area contributed by atoms with E-state index >= 15 is 0 Å². The normalized spacial score (nSPS) is 11.3. The molecule has 9 rings (SSSR count). The molecule has 0 N–H and O–H groups in total. The zero-order valence-corrected chi connectivity index (χ0v) is 26.2. The Labute approximate surface area is 279 Å². The fourth-order valence-electron chi connectivity index (χ4n) is 7.08. The molecule has 0 aliphatic heterocycles. The molecule has 9 aromatic rings. The molecule has 2 heteroatoms. The van der Waals surface area contributed by atoms with Crippen molar-refractivity contribution in [1.29, 1.82) is 0 Å². The largest absolute Gasteiger partial charge is 0.256 e. The highest BCUT2D eigenvalue weighted by atomic mass is 14.7. The molecule has 7 aromatic carbocycles. The van der Waals surface area contributed by atoms with Gasteiger partial charge in [-0.25, -0.2) is 0 Å². The predicted molar refractivity (Wildman–Crippen MR) is 202 cm³/mol. The van der Waals surface area contributed by atoms with Crippen molar-refractivity contribution < 1.29 is 0 Å². The van der Waals surface area contributed by atoms with E-state index in [0.717, 1.165) is 22.5 Å². The lowest BCUT2D eigenvalue weighted by Crippen LogP contribution is -1.93. The molecule has 0 saturated heterocycles. The Bertz CT molecular complexity index is 2610. The summed E-state index contributed by atoms with van der Waals surface area (Å²) in [5.74, 6) is 0. The second kappa shape index (κ2) is 11.8. The highest BCUT2D eigenvalue weighted by Gasteiger charge is 2.18. The van der Waals surface area contributed by atoms with Gasteiger partial charge in [-0.05, 0) is 114 Å². The summed E-state index contributed by atoms with van der Waals surface area (Å²) in [4.78, 5) is 9.33. The SMILES string of the molecule is c1ccc(-c2cccc(-c3c4ccccc4c(-c4cccc(-c5ccccn5)c4)c4cc(-c5ccc6ccccc6c5)ccc34)c2)nc1. The maximum absolute atomic E-state index is 4.67. The number of benzene rings is 7. The quantitative estimate of drug-likeness (QED) is 0.181. The maximum Gasteiger partial charge on any atom is 0.0702 e. The molecule has 0 aliphatic carbocycles. The zero-order valence-electron chi connectivity index (χ0n) is 26.2. The van der Waals surface area contributed by atoms with Gasteiger partial charge in [-0.15, -0.1) is 0 Å². The lowest BCUT2D eigenvalue weighted by atomic mass is 9.84. The Morgan fingerprint density at radius 1 is 0.271 bits per heavy atom. The van der Waals surface area contributed by atoms with E-state index in [0.29, 0.717) is 0 Å². The van der Waals surface area contributed by atoms with Crippen LogP contribution >= 0.6 is 0 Å². The third kappa shape index (κ3) is 4.92. The molecule has 224 valence electrons. The van der Waals surface area contributed by atoms with Crippen LogP contribution in [0.25, 0.3) is 88.2 Å². The summed E-state index contributed by atoms with van der Waals surface area (Å²) < 4.78 is 0. The molecular formula is C46H30N2. The van der Waals surface area contributed by atoms with Crippen LogP contribution in [0.4, 0.5) is 0 Å². The van der Waals surface area contributed by atoms with Crippen molar-refractivity contribution in [2.45, 2.75) is 0 Å². The van der Waals surface area contributed by atoms with Crippen LogP contribution in [0.3, 0.4) is 0 Å². The number of aromatic nitrogens is 2. The molecule has 0 atom stereocenters. The van der Waals surface area contributed by atoms with Crippen molar-refractivity contribution in [3.8, 4) is 55.9 Å². The van der Waals surface area contributed by atoms with Gasteiger partial charge in [0.1, 0.15) is 0 Å². The lowest BCUT2D eigenvalue weighted by Gasteiger charge is -2.19. The minimum absolute atomic E-state index is 0.966. The van der Waals surface area contributed by atoms with Gasteiger partial charge < -0.3 is 0 Å². The van der Waals surface area contributed by atoms with Gasteiger partial charge in [0.15, 0.2) is 0 Å². The van der Waals surface area contributed by atoms with Crippen LogP contribution in [0.5, 0.6) is 0 Å². The number of hydrogen-bond donors (Lipinski definition) is 0. The number of hydrogen-bond acceptors (Lipinski definition) is 2. The molecule has 0 bridgehead atoms. The van der Waals surface area contributed by atoms with Crippen LogP contribution in [0.1, 0.15) is 0 Å². The van der Waals surface area contributed by atoms with E-state index in [4.69, 9.17) is 0 Å². The number of rotatable bonds is 5. The molecule has 0 spiro atoms. The average Bonchev–Trinajstić information content (AvgIpc) is 3.17. The molecule has 0 saturated carbocycles. The minimum Gasteiger partial charge on any atom is -0.256 e. The summed E-state index contributed by atoms with van der Waals surface area (Å²) in [6.45, 7) is 0. The Kier molecular flexibility index (Phi) is 6.84. The van der Waals surface area contributed by atoms with E-state index in [2.05, 4.69) is 156 Å².